The predicted molar refractivity (Wildman–Crippen MR) is 176 cm³/mol. The van der Waals surface area contributed by atoms with Crippen molar-refractivity contribution in [3.05, 3.63) is 142 Å². The standard InChI is InChI=1S/2C11H11.C6H5.2C4H9.CH3.Si.Zr/c2*1-2-9-7-10-5-3-4-6-11(10)8-9;1-2-4-6-5-3-1;2*1-3-4-2;;;/h2*3-8H,2H2,1H3;1-5H;2*1,3-4H2,2H3;1H3;;/q6*-1;;. The first-order valence-electron chi connectivity index (χ1n) is 13.7. The van der Waals surface area contributed by atoms with Crippen LogP contribution in [0.5, 0.6) is 0 Å². The van der Waals surface area contributed by atoms with E-state index >= 15 is 0 Å². The molecule has 0 unspecified atom stereocenters. The summed E-state index contributed by atoms with van der Waals surface area (Å²) in [7, 11) is 0. The van der Waals surface area contributed by atoms with Crippen LogP contribution in [-0.4, -0.2) is 6.88 Å². The SMILES string of the molecule is CCc1cc2ccccc2[cH-]1.CCc1cc2ccccc2[cH-]1.[CH2-]CCC.[CH2-]CCC.[CH3-].[Si]=[Zr].[c-]1ccccc1. The van der Waals surface area contributed by atoms with Crippen molar-refractivity contribution in [3.63, 3.8) is 0 Å². The van der Waals surface area contributed by atoms with Crippen LogP contribution in [0.4, 0.5) is 0 Å². The van der Waals surface area contributed by atoms with Crippen LogP contribution in [-0.2, 0) is 36.2 Å². The Morgan fingerprint density at radius 2 is 1.00 bits per heavy atom. The van der Waals surface area contributed by atoms with Crippen molar-refractivity contribution >= 4 is 28.4 Å². The molecule has 0 fully saturated rings. The molecular weight excluding hydrogens is 564 g/mol. The van der Waals surface area contributed by atoms with E-state index in [4.69, 9.17) is 0 Å². The Bertz CT molecular complexity index is 995. The van der Waals surface area contributed by atoms with Gasteiger partial charge < -0.3 is 21.3 Å². The Balaban J connectivity index is 0. The third-order valence-corrected chi connectivity index (χ3v) is 5.49. The van der Waals surface area contributed by atoms with Crippen molar-refractivity contribution < 1.29 is 23.3 Å². The van der Waals surface area contributed by atoms with E-state index < -0.39 is 0 Å². The largest absolute Gasteiger partial charge is 0.184 e. The van der Waals surface area contributed by atoms with E-state index in [-0.39, 0.29) is 7.43 Å². The average Bonchev–Trinajstić information content (AvgIpc) is 3.64. The van der Waals surface area contributed by atoms with Crippen molar-refractivity contribution in [1.82, 2.24) is 0 Å². The molecule has 0 aliphatic carbocycles. The maximum atomic E-state index is 3.60. The van der Waals surface area contributed by atoms with Gasteiger partial charge in [-0.15, -0.1) is 81.2 Å². The monoisotopic (exact) mass is 610 g/mol. The Kier molecular flexibility index (Phi) is 27.6. The summed E-state index contributed by atoms with van der Waals surface area (Å²) in [5.74, 6) is 0. The van der Waals surface area contributed by atoms with Crippen LogP contribution in [0.2, 0.25) is 0 Å². The van der Waals surface area contributed by atoms with Gasteiger partial charge in [0.25, 0.3) is 0 Å². The predicted octanol–water partition coefficient (Wildman–Crippen LogP) is 11.0. The summed E-state index contributed by atoms with van der Waals surface area (Å²) < 4.78 is 0. The Labute approximate surface area is 258 Å². The second-order valence-electron chi connectivity index (χ2n) is 8.48. The van der Waals surface area contributed by atoms with E-state index in [0.717, 1.165) is 25.7 Å². The zero-order valence-corrected chi connectivity index (χ0v) is 28.4. The van der Waals surface area contributed by atoms with Crippen molar-refractivity contribution in [2.45, 2.75) is 66.2 Å². The van der Waals surface area contributed by atoms with Gasteiger partial charge in [0.2, 0.25) is 0 Å². The van der Waals surface area contributed by atoms with Gasteiger partial charge in [-0.1, -0.05) is 52.7 Å². The maximum absolute atomic E-state index is 3.60. The third kappa shape index (κ3) is 18.0. The number of hydrogen-bond acceptors (Lipinski definition) is 0. The summed E-state index contributed by atoms with van der Waals surface area (Å²) >= 11 is 1.36. The molecule has 0 N–H and O–H groups in total. The van der Waals surface area contributed by atoms with Crippen molar-refractivity contribution in [3.8, 4) is 0 Å². The zero-order chi connectivity index (χ0) is 28.4. The van der Waals surface area contributed by atoms with Crippen molar-refractivity contribution in [1.29, 1.82) is 0 Å². The first-order valence-corrected chi connectivity index (χ1v) is 17.8. The molecule has 5 aromatic rings. The fourth-order valence-corrected chi connectivity index (χ4v) is 3.18. The molecule has 0 aromatic heterocycles. The first kappa shape index (κ1) is 39.1. The van der Waals surface area contributed by atoms with Gasteiger partial charge in [-0.3, -0.25) is 0 Å². The number of aryl methyl sites for hydroxylation is 2. The second-order valence-corrected chi connectivity index (χ2v) is 8.48. The van der Waals surface area contributed by atoms with Crippen LogP contribution in [0.1, 0.15) is 64.5 Å². The first-order chi connectivity index (χ1) is 18.6. The van der Waals surface area contributed by atoms with E-state index in [0.29, 0.717) is 0 Å². The number of fused-ring (bicyclic) bond motifs is 2. The molecular formula is C37H48SiZr-6. The Morgan fingerprint density at radius 1 is 0.641 bits per heavy atom. The molecule has 0 nitrogen and oxygen atoms in total. The average molecular weight is 612 g/mol. The number of rotatable bonds is 4. The van der Waals surface area contributed by atoms with Crippen molar-refractivity contribution in [2.24, 2.45) is 0 Å². The molecule has 0 saturated carbocycles. The van der Waals surface area contributed by atoms with Gasteiger partial charge in [0, 0.05) is 0 Å². The summed E-state index contributed by atoms with van der Waals surface area (Å²) in [6.45, 7) is 18.9. The van der Waals surface area contributed by atoms with Gasteiger partial charge in [-0.05, 0) is 12.8 Å². The van der Waals surface area contributed by atoms with Gasteiger partial charge in [0.05, 0.1) is 0 Å². The summed E-state index contributed by atoms with van der Waals surface area (Å²) in [4.78, 5) is 0. The van der Waals surface area contributed by atoms with Crippen LogP contribution in [0.25, 0.3) is 21.5 Å². The molecule has 0 saturated heterocycles. The normalized spacial score (nSPS) is 8.85. The minimum Gasteiger partial charge on any atom is -0.184 e. The van der Waals surface area contributed by atoms with Crippen LogP contribution >= 0.6 is 0 Å². The molecule has 39 heavy (non-hydrogen) atoms. The molecule has 0 spiro atoms. The molecule has 5 rings (SSSR count). The molecule has 2 heteroatoms. The van der Waals surface area contributed by atoms with E-state index in [9.17, 15) is 0 Å². The Hall–Kier alpha value is -2.02. The van der Waals surface area contributed by atoms with Gasteiger partial charge >= 0.3 is 30.2 Å². The van der Waals surface area contributed by atoms with Crippen LogP contribution in [0.3, 0.4) is 0 Å². The molecule has 0 heterocycles. The number of unbranched alkanes of at least 4 members (excludes halogenated alkanes) is 2. The molecule has 0 bridgehead atoms. The van der Waals surface area contributed by atoms with E-state index in [1.165, 1.54) is 68.8 Å². The fraction of sp³-hybridized carbons (Fsp3) is 0.270. The van der Waals surface area contributed by atoms with E-state index in [1.807, 2.05) is 30.3 Å². The zero-order valence-electron chi connectivity index (χ0n) is 25.0. The second kappa shape index (κ2) is 27.5. The van der Waals surface area contributed by atoms with E-state index in [1.54, 1.807) is 0 Å². The topological polar surface area (TPSA) is 0 Å². The van der Waals surface area contributed by atoms with Gasteiger partial charge in [-0.2, -0.15) is 61.4 Å². The fourth-order valence-electron chi connectivity index (χ4n) is 3.18. The quantitative estimate of drug-likeness (QED) is 0.140. The Morgan fingerprint density at radius 3 is 1.23 bits per heavy atom. The molecule has 210 valence electrons. The molecule has 2 radical (unpaired) electrons. The minimum absolute atomic E-state index is 0. The molecule has 0 atom stereocenters. The summed E-state index contributed by atoms with van der Waals surface area (Å²) in [5.41, 5.74) is 2.87. The summed E-state index contributed by atoms with van der Waals surface area (Å²) in [5, 5.41) is 5.46. The molecule has 0 amide bonds. The van der Waals surface area contributed by atoms with Gasteiger partial charge in [-0.25, -0.2) is 0 Å². The van der Waals surface area contributed by atoms with Crippen LogP contribution in [0.15, 0.2) is 103 Å². The maximum Gasteiger partial charge on any atom is -0.171 e. The van der Waals surface area contributed by atoms with Gasteiger partial charge in [0.1, 0.15) is 0 Å². The smallest absolute Gasteiger partial charge is 0.171 e. The van der Waals surface area contributed by atoms with Crippen LogP contribution < -0.4 is 0 Å². The van der Waals surface area contributed by atoms with Crippen molar-refractivity contribution in [2.75, 3.05) is 0 Å². The molecule has 0 aliphatic rings. The van der Waals surface area contributed by atoms with Crippen LogP contribution in [0, 0.1) is 27.3 Å². The minimum atomic E-state index is 0. The van der Waals surface area contributed by atoms with E-state index in [2.05, 4.69) is 127 Å². The third-order valence-electron chi connectivity index (χ3n) is 5.49. The summed E-state index contributed by atoms with van der Waals surface area (Å²) in [6, 6.07) is 38.5. The molecule has 5 aromatic carbocycles. The number of hydrogen-bond donors (Lipinski definition) is 0. The number of benzene rings is 3. The van der Waals surface area contributed by atoms with Gasteiger partial charge in [0.15, 0.2) is 0 Å². The molecule has 0 aliphatic heterocycles. The summed E-state index contributed by atoms with van der Waals surface area (Å²) in [6.07, 6.45) is 6.82.